The van der Waals surface area contributed by atoms with Gasteiger partial charge in [0.1, 0.15) is 5.75 Å². The van der Waals surface area contributed by atoms with Gasteiger partial charge in [-0.3, -0.25) is 5.32 Å². The molecule has 1 fully saturated rings. The Labute approximate surface area is 147 Å². The predicted molar refractivity (Wildman–Crippen MR) is 95.0 cm³/mol. The number of rotatable bonds is 5. The SMILES string of the molecule is Br.COC1NCCOC1(Cc1ccccc1)Oc1ccccc1. The summed E-state index contributed by atoms with van der Waals surface area (Å²) in [6.07, 6.45) is 0.274. The Bertz CT molecular complexity index is 538. The number of methoxy groups -OCH3 is 1. The molecule has 0 amide bonds. The van der Waals surface area contributed by atoms with Crippen molar-refractivity contribution in [2.75, 3.05) is 20.3 Å². The monoisotopic (exact) mass is 379 g/mol. The predicted octanol–water partition coefficient (Wildman–Crippen LogP) is 3.17. The Balaban J connectivity index is 0.00000192. The molecule has 2 atom stereocenters. The fourth-order valence-corrected chi connectivity index (χ4v) is 2.74. The number of para-hydroxylation sites is 1. The molecule has 2 aromatic rings. The van der Waals surface area contributed by atoms with Crippen molar-refractivity contribution in [3.05, 3.63) is 66.2 Å². The van der Waals surface area contributed by atoms with E-state index in [2.05, 4.69) is 17.4 Å². The van der Waals surface area contributed by atoms with Crippen molar-refractivity contribution < 1.29 is 14.2 Å². The fourth-order valence-electron chi connectivity index (χ4n) is 2.74. The molecule has 2 unspecified atom stereocenters. The van der Waals surface area contributed by atoms with Gasteiger partial charge in [0.2, 0.25) is 0 Å². The number of benzene rings is 2. The smallest absolute Gasteiger partial charge is 0.254 e. The van der Waals surface area contributed by atoms with Crippen molar-refractivity contribution in [3.63, 3.8) is 0 Å². The lowest BCUT2D eigenvalue weighted by molar-refractivity contribution is -0.270. The van der Waals surface area contributed by atoms with Crippen molar-refractivity contribution in [3.8, 4) is 5.75 Å². The first-order chi connectivity index (χ1) is 10.8. The van der Waals surface area contributed by atoms with Crippen LogP contribution in [0.4, 0.5) is 0 Å². The Morgan fingerprint density at radius 3 is 2.39 bits per heavy atom. The van der Waals surface area contributed by atoms with E-state index in [4.69, 9.17) is 14.2 Å². The maximum atomic E-state index is 6.24. The minimum atomic E-state index is -0.879. The van der Waals surface area contributed by atoms with E-state index < -0.39 is 5.79 Å². The summed E-state index contributed by atoms with van der Waals surface area (Å²) < 4.78 is 17.9. The van der Waals surface area contributed by atoms with E-state index in [0.29, 0.717) is 13.0 Å². The van der Waals surface area contributed by atoms with Crippen LogP contribution in [0.25, 0.3) is 0 Å². The van der Waals surface area contributed by atoms with Crippen LogP contribution in [0.3, 0.4) is 0 Å². The van der Waals surface area contributed by atoms with E-state index in [9.17, 15) is 0 Å². The van der Waals surface area contributed by atoms with E-state index in [1.807, 2.05) is 48.5 Å². The highest BCUT2D eigenvalue weighted by molar-refractivity contribution is 8.93. The second-order valence-electron chi connectivity index (χ2n) is 5.31. The summed E-state index contributed by atoms with van der Waals surface area (Å²) in [5.74, 6) is -0.111. The van der Waals surface area contributed by atoms with Crippen LogP contribution in [-0.4, -0.2) is 32.3 Å². The van der Waals surface area contributed by atoms with Gasteiger partial charge in [-0.25, -0.2) is 0 Å². The van der Waals surface area contributed by atoms with Crippen molar-refractivity contribution in [1.29, 1.82) is 0 Å². The van der Waals surface area contributed by atoms with Crippen LogP contribution in [0.2, 0.25) is 0 Å². The molecule has 124 valence electrons. The molecule has 0 spiro atoms. The lowest BCUT2D eigenvalue weighted by Crippen LogP contribution is -2.63. The second kappa shape index (κ2) is 8.45. The van der Waals surface area contributed by atoms with Gasteiger partial charge in [-0.1, -0.05) is 48.5 Å². The van der Waals surface area contributed by atoms with Crippen LogP contribution < -0.4 is 10.1 Å². The van der Waals surface area contributed by atoms with E-state index in [0.717, 1.165) is 17.9 Å². The van der Waals surface area contributed by atoms with E-state index >= 15 is 0 Å². The van der Waals surface area contributed by atoms with E-state index in [1.165, 1.54) is 0 Å². The Morgan fingerprint density at radius 1 is 1.09 bits per heavy atom. The molecular formula is C18H22BrNO3. The average molecular weight is 380 g/mol. The lowest BCUT2D eigenvalue weighted by atomic mass is 10.0. The molecule has 0 saturated carbocycles. The molecule has 1 heterocycles. The van der Waals surface area contributed by atoms with Crippen LogP contribution in [0.1, 0.15) is 5.56 Å². The number of morpholine rings is 1. The van der Waals surface area contributed by atoms with Gasteiger partial charge in [-0.15, -0.1) is 17.0 Å². The second-order valence-corrected chi connectivity index (χ2v) is 5.31. The summed E-state index contributed by atoms with van der Waals surface area (Å²) in [4.78, 5) is 0. The highest BCUT2D eigenvalue weighted by atomic mass is 79.9. The molecule has 0 aliphatic carbocycles. The number of ether oxygens (including phenoxy) is 3. The lowest BCUT2D eigenvalue weighted by Gasteiger charge is -2.43. The summed E-state index contributed by atoms with van der Waals surface area (Å²) in [5, 5.41) is 3.33. The summed E-state index contributed by atoms with van der Waals surface area (Å²) in [7, 11) is 1.67. The molecule has 4 nitrogen and oxygen atoms in total. The first-order valence-electron chi connectivity index (χ1n) is 7.50. The van der Waals surface area contributed by atoms with Gasteiger partial charge in [-0.05, 0) is 17.7 Å². The molecular weight excluding hydrogens is 358 g/mol. The van der Waals surface area contributed by atoms with Gasteiger partial charge < -0.3 is 14.2 Å². The van der Waals surface area contributed by atoms with Gasteiger partial charge in [0, 0.05) is 20.1 Å². The van der Waals surface area contributed by atoms with Gasteiger partial charge in [0.15, 0.2) is 6.23 Å². The fraction of sp³-hybridized carbons (Fsp3) is 0.333. The van der Waals surface area contributed by atoms with Crippen molar-refractivity contribution in [1.82, 2.24) is 5.32 Å². The largest absolute Gasteiger partial charge is 0.458 e. The minimum absolute atomic E-state index is 0. The third-order valence-electron chi connectivity index (χ3n) is 3.74. The normalized spacial score (nSPS) is 23.8. The van der Waals surface area contributed by atoms with Crippen LogP contribution in [0.5, 0.6) is 5.75 Å². The molecule has 2 aromatic carbocycles. The van der Waals surface area contributed by atoms with Crippen LogP contribution in [0, 0.1) is 0 Å². The van der Waals surface area contributed by atoms with Gasteiger partial charge in [-0.2, -0.15) is 0 Å². The molecule has 1 N–H and O–H groups in total. The molecule has 1 saturated heterocycles. The highest BCUT2D eigenvalue weighted by Crippen LogP contribution is 2.29. The van der Waals surface area contributed by atoms with Gasteiger partial charge in [0.05, 0.1) is 6.61 Å². The summed E-state index contributed by atoms with van der Waals surface area (Å²) in [6, 6.07) is 19.9. The zero-order valence-corrected chi connectivity index (χ0v) is 14.8. The molecule has 1 aliphatic rings. The molecule has 23 heavy (non-hydrogen) atoms. The average Bonchev–Trinajstić information content (AvgIpc) is 2.57. The highest BCUT2D eigenvalue weighted by Gasteiger charge is 2.45. The third kappa shape index (κ3) is 4.32. The topological polar surface area (TPSA) is 39.7 Å². The van der Waals surface area contributed by atoms with Crippen molar-refractivity contribution >= 4 is 17.0 Å². The Morgan fingerprint density at radius 2 is 1.74 bits per heavy atom. The summed E-state index contributed by atoms with van der Waals surface area (Å²) in [5.41, 5.74) is 1.14. The van der Waals surface area contributed by atoms with Crippen LogP contribution in [0.15, 0.2) is 60.7 Å². The summed E-state index contributed by atoms with van der Waals surface area (Å²) in [6.45, 7) is 1.33. The quantitative estimate of drug-likeness (QED) is 0.865. The molecule has 0 aromatic heterocycles. The molecule has 1 aliphatic heterocycles. The van der Waals surface area contributed by atoms with Gasteiger partial charge >= 0.3 is 0 Å². The van der Waals surface area contributed by atoms with Crippen molar-refractivity contribution in [2.24, 2.45) is 0 Å². The maximum absolute atomic E-state index is 6.24. The number of halogens is 1. The maximum Gasteiger partial charge on any atom is 0.254 e. The zero-order valence-electron chi connectivity index (χ0n) is 13.1. The molecule has 3 rings (SSSR count). The summed E-state index contributed by atoms with van der Waals surface area (Å²) >= 11 is 0. The molecule has 5 heteroatoms. The van der Waals surface area contributed by atoms with Crippen LogP contribution in [-0.2, 0) is 15.9 Å². The number of hydrogen-bond donors (Lipinski definition) is 1. The Kier molecular flexibility index (Phi) is 6.59. The minimum Gasteiger partial charge on any atom is -0.458 e. The first kappa shape index (κ1) is 17.9. The van der Waals surface area contributed by atoms with Crippen LogP contribution >= 0.6 is 17.0 Å². The first-order valence-corrected chi connectivity index (χ1v) is 7.50. The Hall–Kier alpha value is -1.40. The number of hydrogen-bond acceptors (Lipinski definition) is 4. The molecule has 0 radical (unpaired) electrons. The zero-order chi connectivity index (χ0) is 15.3. The molecule has 0 bridgehead atoms. The van der Waals surface area contributed by atoms with E-state index in [1.54, 1.807) is 7.11 Å². The van der Waals surface area contributed by atoms with Gasteiger partial charge in [0.25, 0.3) is 5.79 Å². The standard InChI is InChI=1S/C18H21NO3.BrH/c1-20-17-18(21-13-12-19-17,14-15-8-4-2-5-9-15)22-16-10-6-3-7-11-16;/h2-11,17,19H,12-14H2,1H3;1H. The number of nitrogens with one attached hydrogen (secondary N) is 1. The third-order valence-corrected chi connectivity index (χ3v) is 3.74. The van der Waals surface area contributed by atoms with Crippen molar-refractivity contribution in [2.45, 2.75) is 18.4 Å². The van der Waals surface area contributed by atoms with E-state index in [-0.39, 0.29) is 23.2 Å².